The number of hydrogen-bond acceptors (Lipinski definition) is 6. The van der Waals surface area contributed by atoms with E-state index < -0.39 is 0 Å². The van der Waals surface area contributed by atoms with Crippen molar-refractivity contribution in [2.75, 3.05) is 53.0 Å². The second-order valence-electron chi connectivity index (χ2n) is 11.3. The Morgan fingerprint density at radius 2 is 1.74 bits per heavy atom. The number of ether oxygens (including phenoxy) is 2. The molecule has 2 amide bonds. The highest BCUT2D eigenvalue weighted by Crippen LogP contribution is 2.34. The van der Waals surface area contributed by atoms with Crippen molar-refractivity contribution >= 4 is 29.1 Å². The minimum Gasteiger partial charge on any atom is -0.497 e. The highest BCUT2D eigenvalue weighted by Gasteiger charge is 2.35. The van der Waals surface area contributed by atoms with Crippen LogP contribution in [0.15, 0.2) is 53.6 Å². The Morgan fingerprint density at radius 3 is 2.36 bits per heavy atom. The largest absolute Gasteiger partial charge is 0.497 e. The van der Waals surface area contributed by atoms with Gasteiger partial charge in [0.2, 0.25) is 5.91 Å². The number of rotatable bonds is 9. The van der Waals surface area contributed by atoms with E-state index in [0.29, 0.717) is 44.2 Å². The van der Waals surface area contributed by atoms with Crippen molar-refractivity contribution in [3.8, 4) is 5.75 Å². The maximum Gasteiger partial charge on any atom is 0.262 e. The molecule has 9 heteroatoms. The number of morpholine rings is 1. The Morgan fingerprint density at radius 1 is 1.08 bits per heavy atom. The third-order valence-electron chi connectivity index (χ3n) is 6.99. The van der Waals surface area contributed by atoms with E-state index in [1.165, 1.54) is 0 Å². The standard InChI is InChI=1S/C30H39ClN4O4/c1-30(2,3)20-28(36)34(14-13-33-15-17-39-18-16-33)21-29(37)35-27(23-5-9-24(31)10-6-23)19-26(32-35)22-7-11-25(38-4)12-8-22/h5-12,27H,13-21H2,1-4H3/t27-/m0/s1. The molecule has 0 spiro atoms. The van der Waals surface area contributed by atoms with Crippen LogP contribution in [-0.4, -0.2) is 85.4 Å². The Balaban J connectivity index is 1.57. The summed E-state index contributed by atoms with van der Waals surface area (Å²) >= 11 is 6.15. The lowest BCUT2D eigenvalue weighted by Crippen LogP contribution is -2.47. The van der Waals surface area contributed by atoms with E-state index in [1.54, 1.807) is 17.0 Å². The van der Waals surface area contributed by atoms with Crippen LogP contribution in [0.4, 0.5) is 0 Å². The molecule has 1 saturated heterocycles. The van der Waals surface area contributed by atoms with Crippen LogP contribution in [-0.2, 0) is 14.3 Å². The fraction of sp³-hybridized carbons (Fsp3) is 0.500. The summed E-state index contributed by atoms with van der Waals surface area (Å²) in [5.74, 6) is 0.529. The van der Waals surface area contributed by atoms with Crippen LogP contribution in [0.5, 0.6) is 5.75 Å². The van der Waals surface area contributed by atoms with Gasteiger partial charge < -0.3 is 14.4 Å². The van der Waals surface area contributed by atoms with E-state index >= 15 is 0 Å². The van der Waals surface area contributed by atoms with E-state index in [2.05, 4.69) is 4.90 Å². The van der Waals surface area contributed by atoms with Crippen molar-refractivity contribution < 1.29 is 19.1 Å². The molecular formula is C30H39ClN4O4. The van der Waals surface area contributed by atoms with Crippen molar-refractivity contribution in [3.05, 3.63) is 64.7 Å². The topological polar surface area (TPSA) is 74.7 Å². The van der Waals surface area contributed by atoms with Crippen molar-refractivity contribution in [2.24, 2.45) is 10.5 Å². The summed E-state index contributed by atoms with van der Waals surface area (Å²) in [4.78, 5) is 31.2. The minimum absolute atomic E-state index is 0.0225. The minimum atomic E-state index is -0.286. The smallest absolute Gasteiger partial charge is 0.262 e. The van der Waals surface area contributed by atoms with Crippen LogP contribution in [0.1, 0.15) is 50.8 Å². The van der Waals surface area contributed by atoms with Crippen LogP contribution in [0.3, 0.4) is 0 Å². The fourth-order valence-corrected chi connectivity index (χ4v) is 4.95. The highest BCUT2D eigenvalue weighted by molar-refractivity contribution is 6.30. The third kappa shape index (κ3) is 8.03. The molecule has 4 rings (SSSR count). The summed E-state index contributed by atoms with van der Waals surface area (Å²) in [6.45, 7) is 10.3. The molecule has 0 unspecified atom stereocenters. The molecule has 0 saturated carbocycles. The first-order valence-electron chi connectivity index (χ1n) is 13.5. The maximum absolute atomic E-state index is 13.9. The molecule has 0 bridgehead atoms. The van der Waals surface area contributed by atoms with Gasteiger partial charge in [-0.05, 0) is 52.9 Å². The first-order valence-corrected chi connectivity index (χ1v) is 13.9. The van der Waals surface area contributed by atoms with Gasteiger partial charge in [-0.2, -0.15) is 5.10 Å². The molecule has 0 aliphatic carbocycles. The predicted octanol–water partition coefficient (Wildman–Crippen LogP) is 4.62. The number of hydrogen-bond donors (Lipinski definition) is 0. The van der Waals surface area contributed by atoms with Crippen molar-refractivity contribution in [2.45, 2.75) is 39.7 Å². The van der Waals surface area contributed by atoms with E-state index in [4.69, 9.17) is 26.2 Å². The molecule has 8 nitrogen and oxygen atoms in total. The quantitative estimate of drug-likeness (QED) is 0.452. The first-order chi connectivity index (χ1) is 18.6. The Bertz CT molecular complexity index is 1150. The summed E-state index contributed by atoms with van der Waals surface area (Å²) in [6.07, 6.45) is 0.924. The number of nitrogens with zero attached hydrogens (tertiary/aromatic N) is 4. The predicted molar refractivity (Wildman–Crippen MR) is 153 cm³/mol. The molecule has 2 aliphatic rings. The van der Waals surface area contributed by atoms with Gasteiger partial charge in [0.05, 0.1) is 32.1 Å². The number of carbonyl (C=O) groups is 2. The van der Waals surface area contributed by atoms with Crippen LogP contribution in [0, 0.1) is 5.41 Å². The molecule has 2 heterocycles. The second kappa shape index (κ2) is 12.9. The normalized spacial score (nSPS) is 18.1. The van der Waals surface area contributed by atoms with Gasteiger partial charge in [0.1, 0.15) is 12.3 Å². The van der Waals surface area contributed by atoms with Gasteiger partial charge in [-0.25, -0.2) is 5.01 Å². The van der Waals surface area contributed by atoms with Gasteiger partial charge in [-0.3, -0.25) is 14.5 Å². The molecule has 0 radical (unpaired) electrons. The van der Waals surface area contributed by atoms with E-state index in [1.807, 2.05) is 69.3 Å². The lowest BCUT2D eigenvalue weighted by atomic mass is 9.91. The zero-order valence-electron chi connectivity index (χ0n) is 23.4. The average molecular weight is 555 g/mol. The van der Waals surface area contributed by atoms with E-state index in [0.717, 1.165) is 35.7 Å². The van der Waals surface area contributed by atoms with Crippen LogP contribution in [0.2, 0.25) is 5.02 Å². The second-order valence-corrected chi connectivity index (χ2v) is 11.7. The Hall–Kier alpha value is -2.94. The number of amides is 2. The van der Waals surface area contributed by atoms with E-state index in [-0.39, 0.29) is 29.8 Å². The summed E-state index contributed by atoms with van der Waals surface area (Å²) in [6, 6.07) is 14.9. The Kier molecular flexibility index (Phi) is 9.64. The van der Waals surface area contributed by atoms with E-state index in [9.17, 15) is 9.59 Å². The summed E-state index contributed by atoms with van der Waals surface area (Å²) < 4.78 is 10.8. The van der Waals surface area contributed by atoms with Gasteiger partial charge in [0.15, 0.2) is 0 Å². The number of carbonyl (C=O) groups excluding carboxylic acids is 2. The molecule has 1 fully saturated rings. The SMILES string of the molecule is COc1ccc(C2=NN(C(=O)CN(CCN3CCOCC3)C(=O)CC(C)(C)C)[C@H](c3ccc(Cl)cc3)C2)cc1. The lowest BCUT2D eigenvalue weighted by molar-refractivity contribution is -0.142. The zero-order valence-corrected chi connectivity index (χ0v) is 24.1. The number of hydrazone groups is 1. The summed E-state index contributed by atoms with van der Waals surface area (Å²) in [7, 11) is 1.63. The molecule has 210 valence electrons. The molecule has 1 atom stereocenters. The van der Waals surface area contributed by atoms with Crippen molar-refractivity contribution in [1.29, 1.82) is 0 Å². The van der Waals surface area contributed by atoms with Gasteiger partial charge in [0.25, 0.3) is 5.91 Å². The van der Waals surface area contributed by atoms with Gasteiger partial charge in [-0.1, -0.05) is 44.5 Å². The average Bonchev–Trinajstić information content (AvgIpc) is 3.36. The summed E-state index contributed by atoms with van der Waals surface area (Å²) in [5, 5.41) is 6.98. The third-order valence-corrected chi connectivity index (χ3v) is 7.25. The van der Waals surface area contributed by atoms with Gasteiger partial charge in [-0.15, -0.1) is 0 Å². The summed E-state index contributed by atoms with van der Waals surface area (Å²) in [5.41, 5.74) is 2.50. The maximum atomic E-state index is 13.9. The molecule has 39 heavy (non-hydrogen) atoms. The molecule has 2 aliphatic heterocycles. The molecular weight excluding hydrogens is 516 g/mol. The lowest BCUT2D eigenvalue weighted by Gasteiger charge is -2.32. The van der Waals surface area contributed by atoms with Crippen LogP contribution >= 0.6 is 11.6 Å². The zero-order chi connectivity index (χ0) is 28.0. The first kappa shape index (κ1) is 29.1. The number of methoxy groups -OCH3 is 1. The van der Waals surface area contributed by atoms with Crippen molar-refractivity contribution in [1.82, 2.24) is 14.8 Å². The number of halogens is 1. The molecule has 0 aromatic heterocycles. The van der Waals surface area contributed by atoms with Gasteiger partial charge in [0, 0.05) is 44.0 Å². The molecule has 2 aromatic carbocycles. The molecule has 2 aromatic rings. The monoisotopic (exact) mass is 554 g/mol. The highest BCUT2D eigenvalue weighted by atomic mass is 35.5. The fourth-order valence-electron chi connectivity index (χ4n) is 4.82. The van der Waals surface area contributed by atoms with Crippen molar-refractivity contribution in [3.63, 3.8) is 0 Å². The number of benzene rings is 2. The Labute approximate surface area is 236 Å². The molecule has 0 N–H and O–H groups in total. The van der Waals surface area contributed by atoms with Crippen LogP contribution < -0.4 is 4.74 Å². The van der Waals surface area contributed by atoms with Gasteiger partial charge >= 0.3 is 0 Å². The van der Waals surface area contributed by atoms with Crippen LogP contribution in [0.25, 0.3) is 0 Å².